The van der Waals surface area contributed by atoms with Crippen molar-refractivity contribution in [3.8, 4) is 0 Å². The van der Waals surface area contributed by atoms with Crippen LogP contribution in [0.4, 0.5) is 4.79 Å². The largest absolute Gasteiger partial charge is 0.383 e. The molecule has 5 aliphatic rings. The van der Waals surface area contributed by atoms with Gasteiger partial charge in [0, 0.05) is 45.7 Å². The van der Waals surface area contributed by atoms with E-state index in [-0.39, 0.29) is 18.5 Å². The van der Waals surface area contributed by atoms with Gasteiger partial charge in [-0.1, -0.05) is 31.6 Å². The van der Waals surface area contributed by atoms with Crippen LogP contribution in [0.3, 0.4) is 0 Å². The van der Waals surface area contributed by atoms with Gasteiger partial charge in [0.25, 0.3) is 5.91 Å². The average molecular weight is 453 g/mol. The van der Waals surface area contributed by atoms with Crippen LogP contribution in [0.2, 0.25) is 0 Å². The van der Waals surface area contributed by atoms with E-state index in [0.717, 1.165) is 31.1 Å². The second kappa shape index (κ2) is 8.51. The summed E-state index contributed by atoms with van der Waals surface area (Å²) in [6.45, 7) is 8.62. The van der Waals surface area contributed by atoms with Crippen LogP contribution < -0.4 is 0 Å². The highest BCUT2D eigenvalue weighted by Crippen LogP contribution is 2.59. The molecule has 2 bridgehead atoms. The summed E-state index contributed by atoms with van der Waals surface area (Å²) < 4.78 is 5.28. The summed E-state index contributed by atoms with van der Waals surface area (Å²) in [5.74, 6) is 1.49. The minimum atomic E-state index is -0.754. The normalized spacial score (nSPS) is 28.3. The summed E-state index contributed by atoms with van der Waals surface area (Å²) in [5, 5.41) is 0. The fourth-order valence-corrected chi connectivity index (χ4v) is 6.57. The van der Waals surface area contributed by atoms with E-state index in [1.165, 1.54) is 17.7 Å². The van der Waals surface area contributed by atoms with Gasteiger partial charge in [0.05, 0.1) is 13.2 Å². The lowest BCUT2D eigenvalue weighted by Crippen LogP contribution is -2.58. The Morgan fingerprint density at radius 3 is 2.61 bits per heavy atom. The van der Waals surface area contributed by atoms with Gasteiger partial charge in [-0.05, 0) is 54.6 Å². The quantitative estimate of drug-likeness (QED) is 0.469. The monoisotopic (exact) mass is 452 g/mol. The lowest BCUT2D eigenvalue weighted by molar-refractivity contribution is -0.136. The minimum absolute atomic E-state index is 0.0630. The Bertz CT molecular complexity index is 936. The van der Waals surface area contributed by atoms with E-state index in [0.29, 0.717) is 37.3 Å². The molecule has 2 atom stereocenters. The van der Waals surface area contributed by atoms with Gasteiger partial charge in [-0.3, -0.25) is 19.6 Å². The zero-order chi connectivity index (χ0) is 23.2. The number of urea groups is 1. The van der Waals surface area contributed by atoms with Crippen molar-refractivity contribution in [2.75, 3.05) is 39.9 Å². The third kappa shape index (κ3) is 3.69. The predicted molar refractivity (Wildman–Crippen MR) is 125 cm³/mol. The molecule has 1 saturated carbocycles. The number of hydrogen-bond acceptors (Lipinski definition) is 5. The zero-order valence-electron chi connectivity index (χ0n) is 20.1. The van der Waals surface area contributed by atoms with Gasteiger partial charge in [-0.25, -0.2) is 4.79 Å². The standard InChI is InChI=1S/C26H36N4O3/c1-25(2)21-7-6-20(22(25)15-21)18-28-11-8-26(9-12-28)23(31)29(17-19-5-4-10-27-16-19)24(32)30(26)13-14-33-3/h4-6,10,16,21-22H,7-9,11-15,17-18H2,1-3H3/t21-,22-/m0/s1. The Morgan fingerprint density at radius 2 is 1.97 bits per heavy atom. The second-order valence-electron chi connectivity index (χ2n) is 10.8. The molecule has 0 unspecified atom stereocenters. The molecular weight excluding hydrogens is 416 g/mol. The number of allylic oxidation sites excluding steroid dienone is 1. The highest BCUT2D eigenvalue weighted by molar-refractivity contribution is 6.07. The van der Waals surface area contributed by atoms with E-state index >= 15 is 0 Å². The van der Waals surface area contributed by atoms with E-state index in [1.54, 1.807) is 30.0 Å². The van der Waals surface area contributed by atoms with E-state index in [9.17, 15) is 9.59 Å². The van der Waals surface area contributed by atoms with Crippen LogP contribution in [0.1, 0.15) is 45.1 Å². The van der Waals surface area contributed by atoms with Gasteiger partial charge in [-0.2, -0.15) is 0 Å². The maximum Gasteiger partial charge on any atom is 0.328 e. The fourth-order valence-electron chi connectivity index (χ4n) is 6.57. The second-order valence-corrected chi connectivity index (χ2v) is 10.8. The highest BCUT2D eigenvalue weighted by Gasteiger charge is 2.58. The summed E-state index contributed by atoms with van der Waals surface area (Å²) in [6.07, 6.45) is 9.78. The molecule has 0 radical (unpaired) electrons. The molecule has 7 heteroatoms. The lowest BCUT2D eigenvalue weighted by Gasteiger charge is -2.57. The minimum Gasteiger partial charge on any atom is -0.383 e. The molecule has 0 aromatic carbocycles. The first-order valence-corrected chi connectivity index (χ1v) is 12.3. The van der Waals surface area contributed by atoms with E-state index in [2.05, 4.69) is 29.8 Å². The first-order chi connectivity index (χ1) is 15.9. The number of hydrogen-bond donors (Lipinski definition) is 0. The Balaban J connectivity index is 1.29. The number of amides is 3. The van der Waals surface area contributed by atoms with Crippen molar-refractivity contribution in [2.45, 2.75) is 51.6 Å². The molecule has 6 rings (SSSR count). The molecule has 33 heavy (non-hydrogen) atoms. The molecule has 1 aromatic rings. The number of aromatic nitrogens is 1. The van der Waals surface area contributed by atoms with Crippen LogP contribution in [0, 0.1) is 17.3 Å². The van der Waals surface area contributed by atoms with E-state index < -0.39 is 5.54 Å². The number of imide groups is 1. The van der Waals surface area contributed by atoms with Crippen LogP contribution in [0.15, 0.2) is 36.2 Å². The summed E-state index contributed by atoms with van der Waals surface area (Å²) in [6, 6.07) is 3.54. The molecule has 2 aliphatic heterocycles. The van der Waals surface area contributed by atoms with Crippen LogP contribution in [-0.2, 0) is 16.1 Å². The maximum absolute atomic E-state index is 13.7. The van der Waals surface area contributed by atoms with Crippen LogP contribution >= 0.6 is 0 Å². The van der Waals surface area contributed by atoms with Crippen LogP contribution in [0.25, 0.3) is 0 Å². The van der Waals surface area contributed by atoms with Gasteiger partial charge in [0.1, 0.15) is 5.54 Å². The van der Waals surface area contributed by atoms with Crippen molar-refractivity contribution in [3.63, 3.8) is 0 Å². The summed E-state index contributed by atoms with van der Waals surface area (Å²) in [7, 11) is 1.63. The summed E-state index contributed by atoms with van der Waals surface area (Å²) in [4.78, 5) is 36.9. The zero-order valence-corrected chi connectivity index (χ0v) is 20.1. The third-order valence-electron chi connectivity index (χ3n) is 8.88. The number of piperidine rings is 1. The molecule has 7 nitrogen and oxygen atoms in total. The Labute approximate surface area is 196 Å². The van der Waals surface area contributed by atoms with Gasteiger partial charge in [-0.15, -0.1) is 0 Å². The number of methoxy groups -OCH3 is 1. The summed E-state index contributed by atoms with van der Waals surface area (Å²) in [5.41, 5.74) is 2.13. The first-order valence-electron chi connectivity index (χ1n) is 12.3. The number of ether oxygens (including phenoxy) is 1. The number of nitrogens with zero attached hydrogens (tertiary/aromatic N) is 4. The van der Waals surface area contributed by atoms with Gasteiger partial charge < -0.3 is 9.64 Å². The van der Waals surface area contributed by atoms with E-state index in [4.69, 9.17) is 4.74 Å². The molecule has 2 saturated heterocycles. The van der Waals surface area contributed by atoms with Gasteiger partial charge >= 0.3 is 6.03 Å². The van der Waals surface area contributed by atoms with Crippen molar-refractivity contribution in [3.05, 3.63) is 41.7 Å². The molecule has 178 valence electrons. The van der Waals surface area contributed by atoms with Crippen molar-refractivity contribution < 1.29 is 14.3 Å². The molecule has 3 heterocycles. The molecule has 1 spiro atoms. The Hall–Kier alpha value is -2.25. The van der Waals surface area contributed by atoms with Gasteiger partial charge in [0.2, 0.25) is 0 Å². The molecule has 3 amide bonds. The summed E-state index contributed by atoms with van der Waals surface area (Å²) >= 11 is 0. The lowest BCUT2D eigenvalue weighted by atomic mass is 9.49. The van der Waals surface area contributed by atoms with Crippen molar-refractivity contribution in [1.29, 1.82) is 0 Å². The molecule has 1 aromatic heterocycles. The van der Waals surface area contributed by atoms with Crippen LogP contribution in [0.5, 0.6) is 0 Å². The predicted octanol–water partition coefficient (Wildman–Crippen LogP) is 3.32. The molecular formula is C26H36N4O3. The smallest absolute Gasteiger partial charge is 0.328 e. The average Bonchev–Trinajstić information content (AvgIpc) is 3.01. The Kier molecular flexibility index (Phi) is 5.81. The van der Waals surface area contributed by atoms with Crippen LogP contribution in [-0.4, -0.2) is 77.1 Å². The number of rotatable bonds is 7. The van der Waals surface area contributed by atoms with Crippen molar-refractivity contribution in [1.82, 2.24) is 19.7 Å². The number of carbonyl (C=O) groups is 2. The molecule has 3 aliphatic carbocycles. The number of fused-ring (bicyclic) bond motifs is 1. The first kappa shape index (κ1) is 22.5. The Morgan fingerprint density at radius 1 is 1.18 bits per heavy atom. The third-order valence-corrected chi connectivity index (χ3v) is 8.88. The SMILES string of the molecule is COCCN1C(=O)N(Cc2cccnc2)C(=O)C12CCN(CC1=CC[C@H]3C[C@@H]1C3(C)C)CC2. The molecule has 3 fully saturated rings. The maximum atomic E-state index is 13.7. The molecule has 0 N–H and O–H groups in total. The number of pyridine rings is 1. The van der Waals surface area contributed by atoms with E-state index in [1.807, 2.05) is 12.1 Å². The van der Waals surface area contributed by atoms with Gasteiger partial charge in [0.15, 0.2) is 0 Å². The van der Waals surface area contributed by atoms with Crippen molar-refractivity contribution >= 4 is 11.9 Å². The highest BCUT2D eigenvalue weighted by atomic mass is 16.5. The van der Waals surface area contributed by atoms with Crippen molar-refractivity contribution in [2.24, 2.45) is 17.3 Å². The number of carbonyl (C=O) groups excluding carboxylic acids is 2. The topological polar surface area (TPSA) is 66.0 Å². The number of likely N-dealkylation sites (tertiary alicyclic amines) is 1. The fraction of sp³-hybridized carbons (Fsp3) is 0.654.